The lowest BCUT2D eigenvalue weighted by Crippen LogP contribution is -2.43. The molecule has 2 aliphatic heterocycles. The number of nitrogens with zero attached hydrogens (tertiary/aromatic N) is 1. The molecule has 0 spiro atoms. The number of carbonyl (C=O) groups excluding carboxylic acids is 1. The predicted molar refractivity (Wildman–Crippen MR) is 92.8 cm³/mol. The van der Waals surface area contributed by atoms with Crippen molar-refractivity contribution in [1.82, 2.24) is 10.2 Å². The van der Waals surface area contributed by atoms with Crippen molar-refractivity contribution in [3.63, 3.8) is 0 Å². The summed E-state index contributed by atoms with van der Waals surface area (Å²) in [6.45, 7) is 5.48. The lowest BCUT2D eigenvalue weighted by atomic mass is 10.0. The Hall–Kier alpha value is -1.43. The number of aliphatic hydroxyl groups excluding tert-OH is 1. The lowest BCUT2D eigenvalue weighted by Gasteiger charge is -2.31. The van der Waals surface area contributed by atoms with Crippen LogP contribution in [0.2, 0.25) is 0 Å². The number of hydrogen-bond acceptors (Lipinski definition) is 4. The van der Waals surface area contributed by atoms with E-state index in [-0.39, 0.29) is 24.5 Å². The Bertz CT molecular complexity index is 540. The van der Waals surface area contributed by atoms with E-state index < -0.39 is 0 Å². The molecule has 0 radical (unpaired) electrons. The fourth-order valence-corrected chi connectivity index (χ4v) is 3.75. The highest BCUT2D eigenvalue weighted by Gasteiger charge is 2.36. The number of aryl methyl sites for hydroxylation is 1. The number of nitrogens with one attached hydrogen (secondary N) is 1. The van der Waals surface area contributed by atoms with Gasteiger partial charge in [0.25, 0.3) is 0 Å². The quantitative estimate of drug-likeness (QED) is 0.848. The van der Waals surface area contributed by atoms with E-state index in [4.69, 9.17) is 4.74 Å². The summed E-state index contributed by atoms with van der Waals surface area (Å²) in [5.41, 5.74) is 2.22. The standard InChI is InChI=1S/C19H28N2O3/c1-14-2-4-15(5-3-14)10-19(23)20-18-12-21(11-16(18)13-22)17-6-8-24-9-7-17/h2-5,16-18,22H,6-13H2,1H3,(H,20,23)/t16-,18+/m0/s1. The van der Waals surface area contributed by atoms with Gasteiger partial charge in [-0.3, -0.25) is 9.69 Å². The molecule has 2 saturated heterocycles. The highest BCUT2D eigenvalue weighted by atomic mass is 16.5. The Labute approximate surface area is 144 Å². The zero-order valence-electron chi connectivity index (χ0n) is 14.4. The molecule has 2 aliphatic rings. The Kier molecular flexibility index (Phi) is 5.87. The van der Waals surface area contributed by atoms with Crippen molar-refractivity contribution >= 4 is 5.91 Å². The SMILES string of the molecule is Cc1ccc(CC(=O)N[C@@H]2CN(C3CCOCC3)C[C@H]2CO)cc1. The molecule has 5 nitrogen and oxygen atoms in total. The molecule has 2 heterocycles. The molecule has 5 heteroatoms. The molecule has 2 fully saturated rings. The van der Waals surface area contributed by atoms with Gasteiger partial charge in [-0.15, -0.1) is 0 Å². The second kappa shape index (κ2) is 8.10. The first-order valence-electron chi connectivity index (χ1n) is 8.93. The summed E-state index contributed by atoms with van der Waals surface area (Å²) >= 11 is 0. The van der Waals surface area contributed by atoms with E-state index in [2.05, 4.69) is 10.2 Å². The number of carbonyl (C=O) groups is 1. The Morgan fingerprint density at radius 1 is 1.25 bits per heavy atom. The summed E-state index contributed by atoms with van der Waals surface area (Å²) in [5, 5.41) is 12.8. The van der Waals surface area contributed by atoms with Crippen molar-refractivity contribution in [1.29, 1.82) is 0 Å². The number of likely N-dealkylation sites (tertiary alicyclic amines) is 1. The molecule has 1 aromatic carbocycles. The van der Waals surface area contributed by atoms with Gasteiger partial charge < -0.3 is 15.2 Å². The van der Waals surface area contributed by atoms with E-state index in [1.165, 1.54) is 5.56 Å². The van der Waals surface area contributed by atoms with Crippen LogP contribution in [0.25, 0.3) is 0 Å². The molecule has 2 N–H and O–H groups in total. The first-order valence-corrected chi connectivity index (χ1v) is 8.93. The normalized spacial score (nSPS) is 25.8. The number of rotatable bonds is 5. The predicted octanol–water partition coefficient (Wildman–Crippen LogP) is 1.13. The number of hydrogen-bond donors (Lipinski definition) is 2. The Balaban J connectivity index is 1.54. The average Bonchev–Trinajstić information content (AvgIpc) is 3.00. The molecule has 0 saturated carbocycles. The number of ether oxygens (including phenoxy) is 1. The van der Waals surface area contributed by atoms with Crippen LogP contribution in [0.4, 0.5) is 0 Å². The van der Waals surface area contributed by atoms with Crippen LogP contribution in [0, 0.1) is 12.8 Å². The average molecular weight is 332 g/mol. The van der Waals surface area contributed by atoms with E-state index in [0.717, 1.165) is 44.7 Å². The first kappa shape index (κ1) is 17.4. The van der Waals surface area contributed by atoms with Gasteiger partial charge in [-0.2, -0.15) is 0 Å². The van der Waals surface area contributed by atoms with E-state index >= 15 is 0 Å². The van der Waals surface area contributed by atoms with Crippen molar-refractivity contribution in [3.05, 3.63) is 35.4 Å². The maximum absolute atomic E-state index is 12.4. The van der Waals surface area contributed by atoms with Gasteiger partial charge in [0.1, 0.15) is 0 Å². The number of benzene rings is 1. The van der Waals surface area contributed by atoms with Crippen LogP contribution in [-0.2, 0) is 16.0 Å². The maximum Gasteiger partial charge on any atom is 0.224 e. The third-order valence-corrected chi connectivity index (χ3v) is 5.24. The lowest BCUT2D eigenvalue weighted by molar-refractivity contribution is -0.121. The first-order chi connectivity index (χ1) is 11.7. The van der Waals surface area contributed by atoms with Crippen LogP contribution >= 0.6 is 0 Å². The van der Waals surface area contributed by atoms with Crippen LogP contribution in [0.15, 0.2) is 24.3 Å². The van der Waals surface area contributed by atoms with Gasteiger partial charge >= 0.3 is 0 Å². The van der Waals surface area contributed by atoms with E-state index in [9.17, 15) is 9.90 Å². The van der Waals surface area contributed by atoms with Gasteiger partial charge in [0.2, 0.25) is 5.91 Å². The molecule has 0 unspecified atom stereocenters. The van der Waals surface area contributed by atoms with Crippen LogP contribution in [-0.4, -0.2) is 60.9 Å². The van der Waals surface area contributed by atoms with Crippen molar-refractivity contribution in [2.75, 3.05) is 32.9 Å². The van der Waals surface area contributed by atoms with Crippen molar-refractivity contribution in [2.45, 2.75) is 38.3 Å². The van der Waals surface area contributed by atoms with Gasteiger partial charge in [0.05, 0.1) is 6.42 Å². The van der Waals surface area contributed by atoms with Crippen molar-refractivity contribution in [2.24, 2.45) is 5.92 Å². The molecule has 0 aliphatic carbocycles. The van der Waals surface area contributed by atoms with Gasteiger partial charge in [0, 0.05) is 50.9 Å². The molecule has 3 rings (SSSR count). The second-order valence-corrected chi connectivity index (χ2v) is 7.08. The van der Waals surface area contributed by atoms with Crippen LogP contribution < -0.4 is 5.32 Å². The topological polar surface area (TPSA) is 61.8 Å². The number of amides is 1. The molecule has 0 bridgehead atoms. The minimum Gasteiger partial charge on any atom is -0.396 e. The van der Waals surface area contributed by atoms with Crippen molar-refractivity contribution < 1.29 is 14.6 Å². The fraction of sp³-hybridized carbons (Fsp3) is 0.632. The zero-order valence-corrected chi connectivity index (χ0v) is 14.4. The highest BCUT2D eigenvalue weighted by molar-refractivity contribution is 5.79. The van der Waals surface area contributed by atoms with Crippen molar-refractivity contribution in [3.8, 4) is 0 Å². The molecular weight excluding hydrogens is 304 g/mol. The molecule has 2 atom stereocenters. The molecule has 24 heavy (non-hydrogen) atoms. The third kappa shape index (κ3) is 4.35. The van der Waals surface area contributed by atoms with E-state index in [0.29, 0.717) is 12.5 Å². The summed E-state index contributed by atoms with van der Waals surface area (Å²) in [7, 11) is 0. The Morgan fingerprint density at radius 3 is 2.62 bits per heavy atom. The van der Waals surface area contributed by atoms with E-state index in [1.807, 2.05) is 31.2 Å². The fourth-order valence-electron chi connectivity index (χ4n) is 3.75. The van der Waals surface area contributed by atoms with Gasteiger partial charge in [-0.05, 0) is 25.3 Å². The minimum absolute atomic E-state index is 0.0378. The third-order valence-electron chi connectivity index (χ3n) is 5.24. The molecule has 1 amide bonds. The van der Waals surface area contributed by atoms with Gasteiger partial charge in [0.15, 0.2) is 0 Å². The zero-order chi connectivity index (χ0) is 16.9. The smallest absolute Gasteiger partial charge is 0.224 e. The summed E-state index contributed by atoms with van der Waals surface area (Å²) in [6, 6.07) is 8.62. The minimum atomic E-state index is 0.0378. The molecule has 0 aromatic heterocycles. The second-order valence-electron chi connectivity index (χ2n) is 7.08. The van der Waals surface area contributed by atoms with Crippen LogP contribution in [0.3, 0.4) is 0 Å². The largest absolute Gasteiger partial charge is 0.396 e. The van der Waals surface area contributed by atoms with Gasteiger partial charge in [-0.1, -0.05) is 29.8 Å². The molecular formula is C19H28N2O3. The van der Waals surface area contributed by atoms with Crippen LogP contribution in [0.5, 0.6) is 0 Å². The summed E-state index contributed by atoms with van der Waals surface area (Å²) in [4.78, 5) is 14.8. The highest BCUT2D eigenvalue weighted by Crippen LogP contribution is 2.24. The van der Waals surface area contributed by atoms with E-state index in [1.54, 1.807) is 0 Å². The van der Waals surface area contributed by atoms with Crippen LogP contribution in [0.1, 0.15) is 24.0 Å². The molecule has 1 aromatic rings. The summed E-state index contributed by atoms with van der Waals surface area (Å²) in [5.74, 6) is 0.158. The Morgan fingerprint density at radius 2 is 1.96 bits per heavy atom. The summed E-state index contributed by atoms with van der Waals surface area (Å²) < 4.78 is 5.43. The van der Waals surface area contributed by atoms with Gasteiger partial charge in [-0.25, -0.2) is 0 Å². The molecule has 132 valence electrons. The maximum atomic E-state index is 12.4. The number of aliphatic hydroxyl groups is 1. The summed E-state index contributed by atoms with van der Waals surface area (Å²) in [6.07, 6.45) is 2.48. The monoisotopic (exact) mass is 332 g/mol.